The first-order valence-electron chi connectivity index (χ1n) is 6.75. The van der Waals surface area contributed by atoms with Crippen molar-refractivity contribution in [3.63, 3.8) is 0 Å². The van der Waals surface area contributed by atoms with Gasteiger partial charge in [0, 0.05) is 24.7 Å². The molecule has 0 spiro atoms. The molecule has 0 N–H and O–H groups in total. The second-order valence-electron chi connectivity index (χ2n) is 4.92. The number of fused-ring (bicyclic) bond motifs is 1. The van der Waals surface area contributed by atoms with Gasteiger partial charge in [-0.05, 0) is 25.5 Å². The largest absolute Gasteiger partial charge is 0.307 e. The Morgan fingerprint density at radius 2 is 2.10 bits per heavy atom. The van der Waals surface area contributed by atoms with Crippen molar-refractivity contribution >= 4 is 17.4 Å². The van der Waals surface area contributed by atoms with Crippen LogP contribution in [0.1, 0.15) is 17.1 Å². The van der Waals surface area contributed by atoms with Gasteiger partial charge in [0.15, 0.2) is 5.16 Å². The normalized spacial score (nSPS) is 11.1. The number of hydrogen-bond donors (Lipinski definition) is 0. The van der Waals surface area contributed by atoms with Gasteiger partial charge >= 0.3 is 0 Å². The molecule has 5 nitrogen and oxygen atoms in total. The molecule has 0 radical (unpaired) electrons. The van der Waals surface area contributed by atoms with Crippen molar-refractivity contribution in [2.24, 2.45) is 0 Å². The van der Waals surface area contributed by atoms with Crippen LogP contribution in [-0.2, 0) is 12.3 Å². The van der Waals surface area contributed by atoms with Gasteiger partial charge in [0.05, 0.1) is 5.69 Å². The van der Waals surface area contributed by atoms with Crippen molar-refractivity contribution < 1.29 is 0 Å². The summed E-state index contributed by atoms with van der Waals surface area (Å²) in [6.45, 7) is 8.53. The van der Waals surface area contributed by atoms with Gasteiger partial charge in [0.1, 0.15) is 11.5 Å². The van der Waals surface area contributed by atoms with E-state index in [-0.39, 0.29) is 0 Å². The third-order valence-corrected chi connectivity index (χ3v) is 4.21. The lowest BCUT2D eigenvalue weighted by molar-refractivity contribution is 0.703. The van der Waals surface area contributed by atoms with Gasteiger partial charge in [0.2, 0.25) is 0 Å². The van der Waals surface area contributed by atoms with Gasteiger partial charge in [-0.2, -0.15) is 0 Å². The van der Waals surface area contributed by atoms with E-state index in [0.29, 0.717) is 0 Å². The van der Waals surface area contributed by atoms with Crippen LogP contribution in [0.4, 0.5) is 0 Å². The maximum Gasteiger partial charge on any atom is 0.191 e. The molecule has 0 unspecified atom stereocenters. The highest BCUT2D eigenvalue weighted by molar-refractivity contribution is 7.98. The maximum atomic E-state index is 4.62. The Balaban J connectivity index is 1.78. The second kappa shape index (κ2) is 5.73. The van der Waals surface area contributed by atoms with E-state index < -0.39 is 0 Å². The highest BCUT2D eigenvalue weighted by atomic mass is 32.2. The van der Waals surface area contributed by atoms with E-state index >= 15 is 0 Å². The van der Waals surface area contributed by atoms with Crippen LogP contribution in [0, 0.1) is 13.8 Å². The minimum Gasteiger partial charge on any atom is -0.307 e. The maximum absolute atomic E-state index is 4.62. The van der Waals surface area contributed by atoms with Crippen LogP contribution >= 0.6 is 11.8 Å². The van der Waals surface area contributed by atoms with Gasteiger partial charge in [-0.25, -0.2) is 4.98 Å². The molecule has 0 aliphatic carbocycles. The fourth-order valence-corrected chi connectivity index (χ4v) is 3.05. The van der Waals surface area contributed by atoms with Crippen LogP contribution in [0.3, 0.4) is 0 Å². The summed E-state index contributed by atoms with van der Waals surface area (Å²) >= 11 is 1.65. The standard InChI is InChI=1S/C15H17N5S/c1-4-7-20-12(3)17-18-15(20)21-10-13-9-19-8-11(2)5-6-14(19)16-13/h4-6,8-9H,1,7,10H2,2-3H3. The molecule has 3 heterocycles. The first-order valence-corrected chi connectivity index (χ1v) is 7.73. The number of rotatable bonds is 5. The smallest absolute Gasteiger partial charge is 0.191 e. The van der Waals surface area contributed by atoms with E-state index in [0.717, 1.165) is 34.6 Å². The minimum absolute atomic E-state index is 0.728. The SMILES string of the molecule is C=CCn1c(C)nnc1SCc1cn2cc(C)ccc2n1. The van der Waals surface area contributed by atoms with Gasteiger partial charge in [0.25, 0.3) is 0 Å². The molecule has 0 saturated heterocycles. The third-order valence-electron chi connectivity index (χ3n) is 3.21. The molecule has 3 aromatic heterocycles. The molecule has 108 valence electrons. The van der Waals surface area contributed by atoms with Crippen LogP contribution in [0.5, 0.6) is 0 Å². The summed E-state index contributed by atoms with van der Waals surface area (Å²) < 4.78 is 4.11. The lowest BCUT2D eigenvalue weighted by Crippen LogP contribution is -2.00. The molecule has 0 saturated carbocycles. The van der Waals surface area contributed by atoms with Crippen molar-refractivity contribution in [3.05, 3.63) is 54.3 Å². The van der Waals surface area contributed by atoms with Gasteiger partial charge < -0.3 is 8.97 Å². The highest BCUT2D eigenvalue weighted by Gasteiger charge is 2.09. The number of hydrogen-bond acceptors (Lipinski definition) is 4. The van der Waals surface area contributed by atoms with Crippen molar-refractivity contribution in [1.29, 1.82) is 0 Å². The summed E-state index contributed by atoms with van der Waals surface area (Å²) in [4.78, 5) is 4.62. The number of aryl methyl sites for hydroxylation is 2. The topological polar surface area (TPSA) is 48.0 Å². The molecular weight excluding hydrogens is 282 g/mol. The molecule has 6 heteroatoms. The molecule has 3 aromatic rings. The van der Waals surface area contributed by atoms with E-state index in [1.807, 2.05) is 19.1 Å². The van der Waals surface area contributed by atoms with Crippen LogP contribution < -0.4 is 0 Å². The molecule has 3 rings (SSSR count). The van der Waals surface area contributed by atoms with Crippen molar-refractivity contribution in [3.8, 4) is 0 Å². The van der Waals surface area contributed by atoms with E-state index in [2.05, 4.69) is 56.1 Å². The van der Waals surface area contributed by atoms with Gasteiger partial charge in [-0.3, -0.25) is 0 Å². The summed E-state index contributed by atoms with van der Waals surface area (Å²) in [5.74, 6) is 1.68. The third kappa shape index (κ3) is 2.85. The number of pyridine rings is 1. The van der Waals surface area contributed by atoms with Gasteiger partial charge in [-0.15, -0.1) is 16.8 Å². The highest BCUT2D eigenvalue weighted by Crippen LogP contribution is 2.22. The molecular formula is C15H17N5S. The lowest BCUT2D eigenvalue weighted by atomic mass is 10.3. The summed E-state index contributed by atoms with van der Waals surface area (Å²) in [6, 6.07) is 4.11. The first-order chi connectivity index (χ1) is 10.2. The number of aromatic nitrogens is 5. The molecule has 0 amide bonds. The summed E-state index contributed by atoms with van der Waals surface area (Å²) in [7, 11) is 0. The van der Waals surface area contributed by atoms with Crippen LogP contribution in [0.2, 0.25) is 0 Å². The molecule has 0 fully saturated rings. The average molecular weight is 299 g/mol. The van der Waals surface area contributed by atoms with E-state index in [1.54, 1.807) is 11.8 Å². The Hall–Kier alpha value is -2.08. The van der Waals surface area contributed by atoms with Crippen LogP contribution in [0.25, 0.3) is 5.65 Å². The second-order valence-corrected chi connectivity index (χ2v) is 5.86. The monoisotopic (exact) mass is 299 g/mol. The fraction of sp³-hybridized carbons (Fsp3) is 0.267. The molecule has 0 atom stereocenters. The number of allylic oxidation sites excluding steroid dienone is 1. The molecule has 21 heavy (non-hydrogen) atoms. The van der Waals surface area contributed by atoms with E-state index in [1.165, 1.54) is 5.56 Å². The number of imidazole rings is 1. The summed E-state index contributed by atoms with van der Waals surface area (Å²) in [6.07, 6.45) is 6.01. The molecule has 0 aliphatic rings. The first kappa shape index (κ1) is 13.9. The van der Waals surface area contributed by atoms with Crippen LogP contribution in [0.15, 0.2) is 42.3 Å². The van der Waals surface area contributed by atoms with Crippen molar-refractivity contribution in [2.45, 2.75) is 31.3 Å². The Bertz CT molecular complexity index is 787. The zero-order valence-electron chi connectivity index (χ0n) is 12.2. The summed E-state index contributed by atoms with van der Waals surface area (Å²) in [5, 5.41) is 9.23. The average Bonchev–Trinajstić information content (AvgIpc) is 3.01. The minimum atomic E-state index is 0.728. The lowest BCUT2D eigenvalue weighted by Gasteiger charge is -2.03. The predicted molar refractivity (Wildman–Crippen MR) is 84.4 cm³/mol. The predicted octanol–water partition coefficient (Wildman–Crippen LogP) is 3.02. The number of thioether (sulfide) groups is 1. The van der Waals surface area contributed by atoms with Gasteiger partial charge in [-0.1, -0.05) is 23.9 Å². The zero-order chi connectivity index (χ0) is 14.8. The Kier molecular flexibility index (Phi) is 3.79. The quantitative estimate of drug-likeness (QED) is 0.537. The summed E-state index contributed by atoms with van der Waals surface area (Å²) in [5.41, 5.74) is 3.23. The Labute approximate surface area is 127 Å². The molecule has 0 aliphatic heterocycles. The molecule has 0 aromatic carbocycles. The fourth-order valence-electron chi connectivity index (χ4n) is 2.17. The zero-order valence-corrected chi connectivity index (χ0v) is 13.0. The Morgan fingerprint density at radius 1 is 1.24 bits per heavy atom. The Morgan fingerprint density at radius 3 is 2.90 bits per heavy atom. The van der Waals surface area contributed by atoms with Crippen molar-refractivity contribution in [2.75, 3.05) is 0 Å². The molecule has 0 bridgehead atoms. The van der Waals surface area contributed by atoms with E-state index in [4.69, 9.17) is 0 Å². The number of nitrogens with zero attached hydrogens (tertiary/aromatic N) is 5. The van der Waals surface area contributed by atoms with Crippen molar-refractivity contribution in [1.82, 2.24) is 24.1 Å². The van der Waals surface area contributed by atoms with Crippen LogP contribution in [-0.4, -0.2) is 24.1 Å². The van der Waals surface area contributed by atoms with E-state index in [9.17, 15) is 0 Å².